The van der Waals surface area contributed by atoms with Gasteiger partial charge in [0.05, 0.1) is 6.10 Å². The summed E-state index contributed by atoms with van der Waals surface area (Å²) in [4.78, 5) is 0. The summed E-state index contributed by atoms with van der Waals surface area (Å²) in [6.45, 7) is 4.89. The summed E-state index contributed by atoms with van der Waals surface area (Å²) in [5.41, 5.74) is 2.12. The minimum Gasteiger partial charge on any atom is -0.491 e. The Hall–Kier alpha value is -1.67. The molecule has 0 aliphatic heterocycles. The largest absolute Gasteiger partial charge is 0.491 e. The van der Waals surface area contributed by atoms with Gasteiger partial charge in [-0.2, -0.15) is 0 Å². The summed E-state index contributed by atoms with van der Waals surface area (Å²) in [6, 6.07) is 15.9. The third-order valence-corrected chi connectivity index (χ3v) is 3.56. The van der Waals surface area contributed by atoms with Crippen LogP contribution in [0.5, 0.6) is 5.75 Å². The molecule has 20 heavy (non-hydrogen) atoms. The molecule has 0 bridgehead atoms. The van der Waals surface area contributed by atoms with E-state index >= 15 is 0 Å². The van der Waals surface area contributed by atoms with Crippen LogP contribution in [-0.2, 0) is 6.54 Å². The van der Waals surface area contributed by atoms with E-state index in [1.807, 2.05) is 48.5 Å². The maximum atomic E-state index is 6.14. The molecule has 0 spiro atoms. The molecule has 0 aliphatic rings. The molecular weight excluding hydrogens is 270 g/mol. The van der Waals surface area contributed by atoms with E-state index in [4.69, 9.17) is 16.3 Å². The highest BCUT2D eigenvalue weighted by atomic mass is 35.5. The normalized spacial score (nSPS) is 11.9. The van der Waals surface area contributed by atoms with Crippen molar-refractivity contribution in [3.05, 3.63) is 59.1 Å². The molecule has 3 heteroatoms. The van der Waals surface area contributed by atoms with Crippen LogP contribution in [0.15, 0.2) is 48.5 Å². The smallest absolute Gasteiger partial charge is 0.121 e. The summed E-state index contributed by atoms with van der Waals surface area (Å²) in [6.07, 6.45) is 1.23. The predicted octanol–water partition coefficient (Wildman–Crippen LogP) is 5.13. The van der Waals surface area contributed by atoms with Gasteiger partial charge in [0.15, 0.2) is 0 Å². The second-order valence-electron chi connectivity index (χ2n) is 4.81. The van der Waals surface area contributed by atoms with Crippen molar-refractivity contribution in [2.24, 2.45) is 0 Å². The molecular formula is C17H20ClNO. The summed E-state index contributed by atoms with van der Waals surface area (Å²) in [5, 5.41) is 4.15. The Labute approximate surface area is 125 Å². The van der Waals surface area contributed by atoms with Crippen molar-refractivity contribution in [1.82, 2.24) is 0 Å². The summed E-state index contributed by atoms with van der Waals surface area (Å²) in [5.74, 6) is 0.892. The van der Waals surface area contributed by atoms with Crippen LogP contribution in [0.4, 0.5) is 5.69 Å². The van der Waals surface area contributed by atoms with E-state index in [0.29, 0.717) is 6.54 Å². The molecule has 0 amide bonds. The van der Waals surface area contributed by atoms with E-state index in [-0.39, 0.29) is 6.10 Å². The second-order valence-corrected chi connectivity index (χ2v) is 5.22. The van der Waals surface area contributed by atoms with E-state index in [2.05, 4.69) is 19.2 Å². The van der Waals surface area contributed by atoms with Gasteiger partial charge in [0, 0.05) is 23.3 Å². The first kappa shape index (κ1) is 14.7. The number of hydrogen-bond acceptors (Lipinski definition) is 2. The highest BCUT2D eigenvalue weighted by molar-refractivity contribution is 6.31. The lowest BCUT2D eigenvalue weighted by Crippen LogP contribution is -2.09. The number of hydrogen-bond donors (Lipinski definition) is 1. The zero-order valence-corrected chi connectivity index (χ0v) is 12.7. The van der Waals surface area contributed by atoms with Gasteiger partial charge in [-0.25, -0.2) is 0 Å². The van der Waals surface area contributed by atoms with Gasteiger partial charge < -0.3 is 10.1 Å². The van der Waals surface area contributed by atoms with Crippen molar-refractivity contribution in [1.29, 1.82) is 0 Å². The first-order valence-electron chi connectivity index (χ1n) is 6.93. The number of rotatable bonds is 6. The van der Waals surface area contributed by atoms with E-state index < -0.39 is 0 Å². The van der Waals surface area contributed by atoms with E-state index in [9.17, 15) is 0 Å². The van der Waals surface area contributed by atoms with E-state index in [1.54, 1.807) is 0 Å². The van der Waals surface area contributed by atoms with Crippen molar-refractivity contribution in [2.45, 2.75) is 32.9 Å². The average molecular weight is 290 g/mol. The predicted molar refractivity (Wildman–Crippen MR) is 85.6 cm³/mol. The van der Waals surface area contributed by atoms with Crippen molar-refractivity contribution >= 4 is 17.3 Å². The van der Waals surface area contributed by atoms with Crippen LogP contribution in [0.2, 0.25) is 5.02 Å². The molecule has 2 aromatic carbocycles. The lowest BCUT2D eigenvalue weighted by atomic mass is 10.2. The van der Waals surface area contributed by atoms with Crippen LogP contribution in [0.25, 0.3) is 0 Å². The molecule has 2 nitrogen and oxygen atoms in total. The Morgan fingerprint density at radius 1 is 1.15 bits per heavy atom. The fourth-order valence-corrected chi connectivity index (χ4v) is 2.04. The SMILES string of the molecule is CCC(C)Oc1cccc(NCc2ccccc2Cl)c1. The molecule has 0 saturated heterocycles. The first-order chi connectivity index (χ1) is 9.69. The highest BCUT2D eigenvalue weighted by Crippen LogP contribution is 2.21. The third-order valence-electron chi connectivity index (χ3n) is 3.19. The van der Waals surface area contributed by atoms with Gasteiger partial charge in [-0.3, -0.25) is 0 Å². The van der Waals surface area contributed by atoms with Crippen LogP contribution in [0.3, 0.4) is 0 Å². The summed E-state index contributed by atoms with van der Waals surface area (Å²) < 4.78 is 5.81. The Morgan fingerprint density at radius 3 is 2.70 bits per heavy atom. The molecule has 0 radical (unpaired) electrons. The van der Waals surface area contributed by atoms with Gasteiger partial charge in [-0.15, -0.1) is 0 Å². The van der Waals surface area contributed by atoms with Gasteiger partial charge in [0.1, 0.15) is 5.75 Å². The third kappa shape index (κ3) is 4.17. The molecule has 0 aromatic heterocycles. The van der Waals surface area contributed by atoms with Gasteiger partial charge in [-0.1, -0.05) is 42.8 Å². The van der Waals surface area contributed by atoms with Crippen molar-refractivity contribution < 1.29 is 4.74 Å². The fraction of sp³-hybridized carbons (Fsp3) is 0.294. The summed E-state index contributed by atoms with van der Waals surface area (Å²) in [7, 11) is 0. The molecule has 2 aromatic rings. The second kappa shape index (κ2) is 7.20. The molecule has 0 fully saturated rings. The number of halogens is 1. The van der Waals surface area contributed by atoms with Gasteiger partial charge in [0.25, 0.3) is 0 Å². The highest BCUT2D eigenvalue weighted by Gasteiger charge is 2.03. The minimum absolute atomic E-state index is 0.230. The lowest BCUT2D eigenvalue weighted by Gasteiger charge is -2.14. The van der Waals surface area contributed by atoms with Crippen molar-refractivity contribution in [3.8, 4) is 5.75 Å². The number of ether oxygens (including phenoxy) is 1. The molecule has 0 aliphatic carbocycles. The van der Waals surface area contributed by atoms with Crippen LogP contribution in [-0.4, -0.2) is 6.10 Å². The Balaban J connectivity index is 2.00. The fourth-order valence-electron chi connectivity index (χ4n) is 1.83. The Bertz CT molecular complexity index is 556. The topological polar surface area (TPSA) is 21.3 Å². The maximum Gasteiger partial charge on any atom is 0.121 e. The van der Waals surface area contributed by atoms with Crippen molar-refractivity contribution in [2.75, 3.05) is 5.32 Å². The molecule has 2 rings (SSSR count). The van der Waals surface area contributed by atoms with Gasteiger partial charge in [-0.05, 0) is 37.1 Å². The first-order valence-corrected chi connectivity index (χ1v) is 7.31. The minimum atomic E-state index is 0.230. The molecule has 1 unspecified atom stereocenters. The monoisotopic (exact) mass is 289 g/mol. The molecule has 106 valence electrons. The van der Waals surface area contributed by atoms with Gasteiger partial charge >= 0.3 is 0 Å². The zero-order valence-electron chi connectivity index (χ0n) is 11.9. The Morgan fingerprint density at radius 2 is 1.95 bits per heavy atom. The molecule has 0 heterocycles. The Kier molecular flexibility index (Phi) is 5.31. The molecule has 1 N–H and O–H groups in total. The van der Waals surface area contributed by atoms with Crippen LogP contribution in [0.1, 0.15) is 25.8 Å². The van der Waals surface area contributed by atoms with Crippen molar-refractivity contribution in [3.63, 3.8) is 0 Å². The van der Waals surface area contributed by atoms with Crippen LogP contribution in [0, 0.1) is 0 Å². The summed E-state index contributed by atoms with van der Waals surface area (Å²) >= 11 is 6.14. The van der Waals surface area contributed by atoms with E-state index in [0.717, 1.165) is 28.4 Å². The zero-order chi connectivity index (χ0) is 14.4. The van der Waals surface area contributed by atoms with Crippen LogP contribution >= 0.6 is 11.6 Å². The quantitative estimate of drug-likeness (QED) is 0.796. The molecule has 0 saturated carbocycles. The number of anilines is 1. The number of benzene rings is 2. The maximum absolute atomic E-state index is 6.14. The van der Waals surface area contributed by atoms with E-state index in [1.165, 1.54) is 0 Å². The lowest BCUT2D eigenvalue weighted by molar-refractivity contribution is 0.217. The number of nitrogens with one attached hydrogen (secondary N) is 1. The van der Waals surface area contributed by atoms with Crippen LogP contribution < -0.4 is 10.1 Å². The standard InChI is InChI=1S/C17H20ClNO/c1-3-13(2)20-16-9-6-8-15(11-16)19-12-14-7-4-5-10-17(14)18/h4-11,13,19H,3,12H2,1-2H3. The molecule has 1 atom stereocenters. The average Bonchev–Trinajstić information content (AvgIpc) is 2.47. The van der Waals surface area contributed by atoms with Gasteiger partial charge in [0.2, 0.25) is 0 Å².